The van der Waals surface area contributed by atoms with Crippen LogP contribution in [-0.4, -0.2) is 45.0 Å². The molecule has 26 heavy (non-hydrogen) atoms. The third-order valence-corrected chi connectivity index (χ3v) is 3.97. The Kier molecular flexibility index (Phi) is 6.16. The second-order valence-corrected chi connectivity index (χ2v) is 5.84. The first-order valence-corrected chi connectivity index (χ1v) is 8.45. The summed E-state index contributed by atoms with van der Waals surface area (Å²) in [4.78, 5) is 14.0. The van der Waals surface area contributed by atoms with E-state index >= 15 is 0 Å². The summed E-state index contributed by atoms with van der Waals surface area (Å²) in [5, 5.41) is 6.85. The van der Waals surface area contributed by atoms with E-state index in [2.05, 4.69) is 20.7 Å². The Hall–Kier alpha value is -2.93. The number of hydrogen-bond donors (Lipinski definition) is 2. The third kappa shape index (κ3) is 5.29. The molecule has 1 saturated heterocycles. The van der Waals surface area contributed by atoms with E-state index in [1.165, 1.54) is 12.1 Å². The first-order chi connectivity index (χ1) is 12.7. The largest absolute Gasteiger partial charge is 0.378 e. The summed E-state index contributed by atoms with van der Waals surface area (Å²) >= 11 is 0. The van der Waals surface area contributed by atoms with Crippen molar-refractivity contribution in [1.29, 1.82) is 0 Å². The topological polar surface area (TPSA) is 66.0 Å². The van der Waals surface area contributed by atoms with Crippen molar-refractivity contribution >= 4 is 23.5 Å². The maximum atomic E-state index is 12.8. The summed E-state index contributed by atoms with van der Waals surface area (Å²) in [5.74, 6) is -0.597. The van der Waals surface area contributed by atoms with Crippen LogP contribution in [0.15, 0.2) is 53.6 Å². The van der Waals surface area contributed by atoms with Crippen molar-refractivity contribution in [3.8, 4) is 0 Å². The Bertz CT molecular complexity index is 741. The first-order valence-electron chi connectivity index (χ1n) is 8.45. The van der Waals surface area contributed by atoms with Crippen LogP contribution < -0.4 is 15.6 Å². The molecule has 0 bridgehead atoms. The molecule has 1 fully saturated rings. The lowest BCUT2D eigenvalue weighted by Gasteiger charge is -2.28. The smallest absolute Gasteiger partial charge is 0.259 e. The van der Waals surface area contributed by atoms with Crippen LogP contribution in [0.25, 0.3) is 0 Å². The van der Waals surface area contributed by atoms with Crippen LogP contribution in [-0.2, 0) is 9.53 Å². The van der Waals surface area contributed by atoms with E-state index in [-0.39, 0.29) is 18.3 Å². The molecular formula is C19H21FN4O2. The fourth-order valence-corrected chi connectivity index (χ4v) is 2.56. The molecule has 0 aliphatic carbocycles. The van der Waals surface area contributed by atoms with Crippen molar-refractivity contribution in [1.82, 2.24) is 5.43 Å². The molecule has 2 aromatic rings. The maximum absolute atomic E-state index is 12.8. The highest BCUT2D eigenvalue weighted by molar-refractivity contribution is 5.84. The Labute approximate surface area is 151 Å². The molecule has 1 aliphatic heterocycles. The number of hydrogen-bond acceptors (Lipinski definition) is 5. The Morgan fingerprint density at radius 2 is 1.81 bits per heavy atom. The molecule has 1 aliphatic rings. The van der Waals surface area contributed by atoms with Crippen molar-refractivity contribution in [2.45, 2.75) is 0 Å². The predicted molar refractivity (Wildman–Crippen MR) is 100 cm³/mol. The summed E-state index contributed by atoms with van der Waals surface area (Å²) in [6.45, 7) is 3.34. The van der Waals surface area contributed by atoms with Crippen LogP contribution in [0.4, 0.5) is 15.8 Å². The molecule has 136 valence electrons. The van der Waals surface area contributed by atoms with E-state index < -0.39 is 0 Å². The highest BCUT2D eigenvalue weighted by atomic mass is 19.1. The molecule has 0 saturated carbocycles. The van der Waals surface area contributed by atoms with Crippen LogP contribution in [0, 0.1) is 5.82 Å². The Morgan fingerprint density at radius 3 is 2.50 bits per heavy atom. The van der Waals surface area contributed by atoms with E-state index in [0.29, 0.717) is 5.69 Å². The number of halogens is 1. The minimum atomic E-state index is -0.316. The number of nitrogens with one attached hydrogen (secondary N) is 2. The summed E-state index contributed by atoms with van der Waals surface area (Å²) in [5.41, 5.74) is 5.18. The molecule has 0 unspecified atom stereocenters. The summed E-state index contributed by atoms with van der Waals surface area (Å²) in [6.07, 6.45) is 1.60. The molecule has 0 radical (unpaired) electrons. The maximum Gasteiger partial charge on any atom is 0.259 e. The zero-order valence-electron chi connectivity index (χ0n) is 14.3. The average Bonchev–Trinajstić information content (AvgIpc) is 2.69. The van der Waals surface area contributed by atoms with Gasteiger partial charge in [-0.3, -0.25) is 4.79 Å². The van der Waals surface area contributed by atoms with Crippen molar-refractivity contribution in [2.24, 2.45) is 5.10 Å². The SMILES string of the molecule is O=C(CNc1ccc(F)cc1)NN=Cc1ccc(N2CCOCC2)cc1. The first kappa shape index (κ1) is 17.9. The molecule has 1 heterocycles. The normalized spacial score (nSPS) is 14.4. The van der Waals surface area contributed by atoms with E-state index in [1.54, 1.807) is 18.3 Å². The molecule has 1 amide bonds. The summed E-state index contributed by atoms with van der Waals surface area (Å²) in [6, 6.07) is 13.8. The second-order valence-electron chi connectivity index (χ2n) is 5.84. The van der Waals surface area contributed by atoms with E-state index in [1.807, 2.05) is 24.3 Å². The molecule has 2 N–H and O–H groups in total. The van der Waals surface area contributed by atoms with Gasteiger partial charge >= 0.3 is 0 Å². The highest BCUT2D eigenvalue weighted by Gasteiger charge is 2.10. The molecular weight excluding hydrogens is 335 g/mol. The third-order valence-electron chi connectivity index (χ3n) is 3.97. The van der Waals surface area contributed by atoms with Gasteiger partial charge in [-0.15, -0.1) is 0 Å². The molecule has 3 rings (SSSR count). The average molecular weight is 356 g/mol. The monoisotopic (exact) mass is 356 g/mol. The highest BCUT2D eigenvalue weighted by Crippen LogP contribution is 2.15. The van der Waals surface area contributed by atoms with Crippen molar-refractivity contribution in [2.75, 3.05) is 43.1 Å². The number of rotatable bonds is 6. The van der Waals surface area contributed by atoms with Gasteiger partial charge in [-0.1, -0.05) is 12.1 Å². The van der Waals surface area contributed by atoms with Gasteiger partial charge in [0.2, 0.25) is 0 Å². The Balaban J connectivity index is 1.44. The summed E-state index contributed by atoms with van der Waals surface area (Å²) in [7, 11) is 0. The van der Waals surface area contributed by atoms with Crippen LogP contribution >= 0.6 is 0 Å². The van der Waals surface area contributed by atoms with Crippen molar-refractivity contribution in [3.05, 3.63) is 59.9 Å². The Morgan fingerprint density at radius 1 is 1.12 bits per heavy atom. The van der Waals surface area contributed by atoms with Gasteiger partial charge in [-0.05, 0) is 42.0 Å². The number of carbonyl (C=O) groups is 1. The number of morpholine rings is 1. The van der Waals surface area contributed by atoms with Gasteiger partial charge in [-0.25, -0.2) is 9.82 Å². The van der Waals surface area contributed by atoms with Gasteiger partial charge in [0.25, 0.3) is 5.91 Å². The zero-order chi connectivity index (χ0) is 18.2. The van der Waals surface area contributed by atoms with Gasteiger partial charge in [0, 0.05) is 24.5 Å². The minimum Gasteiger partial charge on any atom is -0.378 e. The minimum absolute atomic E-state index is 0.0545. The fourth-order valence-electron chi connectivity index (χ4n) is 2.56. The van der Waals surface area contributed by atoms with Gasteiger partial charge in [0.05, 0.1) is 26.0 Å². The molecule has 0 spiro atoms. The lowest BCUT2D eigenvalue weighted by Crippen LogP contribution is -2.36. The number of nitrogens with zero attached hydrogens (tertiary/aromatic N) is 2. The zero-order valence-corrected chi connectivity index (χ0v) is 14.3. The predicted octanol–water partition coefficient (Wildman–Crippen LogP) is 2.22. The quantitative estimate of drug-likeness (QED) is 0.615. The lowest BCUT2D eigenvalue weighted by atomic mass is 10.2. The van der Waals surface area contributed by atoms with E-state index in [4.69, 9.17) is 4.74 Å². The fraction of sp³-hybridized carbons (Fsp3) is 0.263. The van der Waals surface area contributed by atoms with Crippen molar-refractivity contribution < 1.29 is 13.9 Å². The van der Waals surface area contributed by atoms with Crippen LogP contribution in [0.2, 0.25) is 0 Å². The number of amides is 1. The van der Waals surface area contributed by atoms with Crippen LogP contribution in [0.5, 0.6) is 0 Å². The molecule has 6 nitrogen and oxygen atoms in total. The molecule has 0 atom stereocenters. The van der Waals surface area contributed by atoms with E-state index in [0.717, 1.165) is 37.6 Å². The number of ether oxygens (including phenoxy) is 1. The number of hydrazone groups is 1. The van der Waals surface area contributed by atoms with Crippen LogP contribution in [0.3, 0.4) is 0 Å². The lowest BCUT2D eigenvalue weighted by molar-refractivity contribution is -0.119. The number of benzene rings is 2. The molecule has 0 aromatic heterocycles. The van der Waals surface area contributed by atoms with Gasteiger partial charge in [-0.2, -0.15) is 5.10 Å². The number of anilines is 2. The summed E-state index contributed by atoms with van der Waals surface area (Å²) < 4.78 is 18.2. The van der Waals surface area contributed by atoms with Gasteiger partial charge < -0.3 is 15.0 Å². The standard InChI is InChI=1S/C19H21FN4O2/c20-16-3-5-17(6-4-16)21-14-19(25)23-22-13-15-1-7-18(8-2-15)24-9-11-26-12-10-24/h1-8,13,21H,9-12,14H2,(H,23,25). The van der Waals surface area contributed by atoms with Crippen molar-refractivity contribution in [3.63, 3.8) is 0 Å². The molecule has 2 aromatic carbocycles. The van der Waals surface area contributed by atoms with Gasteiger partial charge in [0.1, 0.15) is 5.82 Å². The number of carbonyl (C=O) groups excluding carboxylic acids is 1. The van der Waals surface area contributed by atoms with E-state index in [9.17, 15) is 9.18 Å². The van der Waals surface area contributed by atoms with Gasteiger partial charge in [0.15, 0.2) is 0 Å². The second kappa shape index (κ2) is 8.96. The van der Waals surface area contributed by atoms with Crippen LogP contribution in [0.1, 0.15) is 5.56 Å². The molecule has 7 heteroatoms.